The number of pyridine rings is 1. The summed E-state index contributed by atoms with van der Waals surface area (Å²) in [7, 11) is 1.79. The molecule has 1 amide bonds. The Labute approximate surface area is 133 Å². The Morgan fingerprint density at radius 2 is 2.17 bits per heavy atom. The van der Waals surface area contributed by atoms with E-state index in [1.165, 1.54) is 6.20 Å². The Kier molecular flexibility index (Phi) is 4.20. The highest BCUT2D eigenvalue weighted by Gasteiger charge is 2.37. The minimum absolute atomic E-state index is 0.0971. The molecule has 1 saturated carbocycles. The topological polar surface area (TPSA) is 97.1 Å². The third-order valence-electron chi connectivity index (χ3n) is 4.12. The van der Waals surface area contributed by atoms with Gasteiger partial charge in [0.1, 0.15) is 0 Å². The molecule has 2 aromatic rings. The lowest BCUT2D eigenvalue weighted by Gasteiger charge is -2.37. The number of nitrogens with zero attached hydrogens (tertiary/aromatic N) is 3. The third-order valence-corrected chi connectivity index (χ3v) is 4.12. The van der Waals surface area contributed by atoms with Gasteiger partial charge in [-0.25, -0.2) is 0 Å². The molecule has 0 radical (unpaired) electrons. The van der Waals surface area contributed by atoms with Gasteiger partial charge in [0.05, 0.1) is 18.3 Å². The van der Waals surface area contributed by atoms with Crippen LogP contribution in [0.4, 0.5) is 0 Å². The summed E-state index contributed by atoms with van der Waals surface area (Å²) >= 11 is 0. The van der Waals surface area contributed by atoms with Crippen molar-refractivity contribution in [2.45, 2.75) is 25.0 Å². The summed E-state index contributed by atoms with van der Waals surface area (Å²) in [6.07, 6.45) is 7.25. The Hall–Kier alpha value is -2.54. The summed E-state index contributed by atoms with van der Waals surface area (Å²) in [5.41, 5.74) is 1.08. The van der Waals surface area contributed by atoms with Crippen LogP contribution in [0, 0.1) is 5.92 Å². The SMILES string of the molecule is Cn1cc(C(NC(=O)C(=O)c2cccnc2)C2CC(O)C2)cn1. The van der Waals surface area contributed by atoms with Crippen molar-refractivity contribution in [1.82, 2.24) is 20.1 Å². The number of hydrogen-bond acceptors (Lipinski definition) is 5. The minimum atomic E-state index is -0.673. The van der Waals surface area contributed by atoms with Crippen LogP contribution in [0.3, 0.4) is 0 Å². The van der Waals surface area contributed by atoms with Crippen LogP contribution in [0.25, 0.3) is 0 Å². The van der Waals surface area contributed by atoms with Crippen LogP contribution in [-0.4, -0.2) is 37.7 Å². The van der Waals surface area contributed by atoms with Gasteiger partial charge in [-0.1, -0.05) is 0 Å². The van der Waals surface area contributed by atoms with Crippen LogP contribution in [-0.2, 0) is 11.8 Å². The number of carbonyl (C=O) groups excluding carboxylic acids is 2. The quantitative estimate of drug-likeness (QED) is 0.623. The molecule has 2 aromatic heterocycles. The van der Waals surface area contributed by atoms with Crippen molar-refractivity contribution in [3.63, 3.8) is 0 Å². The zero-order chi connectivity index (χ0) is 16.4. The fourth-order valence-electron chi connectivity index (χ4n) is 2.81. The molecule has 1 aliphatic carbocycles. The highest BCUT2D eigenvalue weighted by atomic mass is 16.3. The average Bonchev–Trinajstić information content (AvgIpc) is 2.96. The third kappa shape index (κ3) is 3.29. The molecular weight excluding hydrogens is 296 g/mol. The molecule has 120 valence electrons. The minimum Gasteiger partial charge on any atom is -0.393 e. The van der Waals surface area contributed by atoms with E-state index in [-0.39, 0.29) is 23.6 Å². The van der Waals surface area contributed by atoms with Crippen LogP contribution in [0.5, 0.6) is 0 Å². The van der Waals surface area contributed by atoms with E-state index >= 15 is 0 Å². The average molecular weight is 314 g/mol. The number of carbonyl (C=O) groups is 2. The molecule has 1 unspecified atom stereocenters. The number of hydrogen-bond donors (Lipinski definition) is 2. The molecule has 0 aliphatic heterocycles. The van der Waals surface area contributed by atoms with E-state index in [2.05, 4.69) is 15.4 Å². The van der Waals surface area contributed by atoms with Gasteiger partial charge < -0.3 is 10.4 Å². The number of aryl methyl sites for hydroxylation is 1. The van der Waals surface area contributed by atoms with Gasteiger partial charge >= 0.3 is 0 Å². The second-order valence-corrected chi connectivity index (χ2v) is 5.85. The van der Waals surface area contributed by atoms with E-state index in [1.807, 2.05) is 6.20 Å². The smallest absolute Gasteiger partial charge is 0.292 e. The number of nitrogens with one attached hydrogen (secondary N) is 1. The molecule has 1 atom stereocenters. The van der Waals surface area contributed by atoms with Crippen LogP contribution in [0.2, 0.25) is 0 Å². The lowest BCUT2D eigenvalue weighted by atomic mass is 9.75. The van der Waals surface area contributed by atoms with Gasteiger partial charge in [0, 0.05) is 36.8 Å². The van der Waals surface area contributed by atoms with E-state index in [4.69, 9.17) is 0 Å². The molecule has 3 rings (SSSR count). The standard InChI is InChI=1S/C16H18N4O3/c1-20-9-12(8-18-20)14(11-5-13(21)6-11)19-16(23)15(22)10-3-2-4-17-7-10/h2-4,7-9,11,13-14,21H,5-6H2,1H3,(H,19,23). The van der Waals surface area contributed by atoms with Crippen LogP contribution < -0.4 is 5.32 Å². The van der Waals surface area contributed by atoms with E-state index in [9.17, 15) is 14.7 Å². The number of aliphatic hydroxyl groups excluding tert-OH is 1. The molecule has 1 aliphatic rings. The maximum Gasteiger partial charge on any atom is 0.292 e. The first kappa shape index (κ1) is 15.4. The summed E-state index contributed by atoms with van der Waals surface area (Å²) in [6.45, 7) is 0. The van der Waals surface area contributed by atoms with Gasteiger partial charge in [-0.05, 0) is 30.9 Å². The Bertz CT molecular complexity index is 707. The molecule has 7 heteroatoms. The molecule has 2 N–H and O–H groups in total. The normalized spacial score (nSPS) is 21.3. The largest absolute Gasteiger partial charge is 0.393 e. The molecule has 1 fully saturated rings. The lowest BCUT2D eigenvalue weighted by Crippen LogP contribution is -2.43. The van der Waals surface area contributed by atoms with Gasteiger partial charge in [0.15, 0.2) is 0 Å². The first-order valence-electron chi connectivity index (χ1n) is 7.46. The Morgan fingerprint density at radius 1 is 1.39 bits per heavy atom. The van der Waals surface area contributed by atoms with Crippen molar-refractivity contribution in [3.05, 3.63) is 48.0 Å². The maximum absolute atomic E-state index is 12.3. The van der Waals surface area contributed by atoms with Crippen molar-refractivity contribution in [2.75, 3.05) is 0 Å². The molecule has 7 nitrogen and oxygen atoms in total. The molecule has 0 spiro atoms. The van der Waals surface area contributed by atoms with Gasteiger partial charge in [0.2, 0.25) is 0 Å². The Balaban J connectivity index is 1.76. The first-order valence-corrected chi connectivity index (χ1v) is 7.46. The monoisotopic (exact) mass is 314 g/mol. The number of aliphatic hydroxyl groups is 1. The van der Waals surface area contributed by atoms with Gasteiger partial charge in [-0.15, -0.1) is 0 Å². The van der Waals surface area contributed by atoms with Crippen LogP contribution in [0.1, 0.15) is 34.8 Å². The van der Waals surface area contributed by atoms with Crippen LogP contribution >= 0.6 is 0 Å². The zero-order valence-electron chi connectivity index (χ0n) is 12.7. The molecular formula is C16H18N4O3. The number of rotatable bonds is 5. The number of Topliss-reactive ketones (excluding diaryl/α,β-unsaturated/α-hetero) is 1. The van der Waals surface area contributed by atoms with E-state index in [0.717, 1.165) is 5.56 Å². The fraction of sp³-hybridized carbons (Fsp3) is 0.375. The number of aromatic nitrogens is 3. The highest BCUT2D eigenvalue weighted by Crippen LogP contribution is 2.37. The lowest BCUT2D eigenvalue weighted by molar-refractivity contribution is -0.118. The predicted molar refractivity (Wildman–Crippen MR) is 81.4 cm³/mol. The molecule has 0 aromatic carbocycles. The van der Waals surface area contributed by atoms with E-state index < -0.39 is 11.7 Å². The number of amides is 1. The van der Waals surface area contributed by atoms with Crippen molar-refractivity contribution in [3.8, 4) is 0 Å². The van der Waals surface area contributed by atoms with Crippen molar-refractivity contribution < 1.29 is 14.7 Å². The van der Waals surface area contributed by atoms with Gasteiger partial charge in [0.25, 0.3) is 11.7 Å². The summed E-state index contributed by atoms with van der Waals surface area (Å²) in [5.74, 6) is -1.19. The van der Waals surface area contributed by atoms with Gasteiger partial charge in [-0.3, -0.25) is 19.3 Å². The summed E-state index contributed by atoms with van der Waals surface area (Å²) in [4.78, 5) is 28.3. The maximum atomic E-state index is 12.3. The van der Waals surface area contributed by atoms with Crippen molar-refractivity contribution >= 4 is 11.7 Å². The van der Waals surface area contributed by atoms with E-state index in [0.29, 0.717) is 12.8 Å². The number of ketones is 1. The molecule has 0 bridgehead atoms. The molecule has 2 heterocycles. The van der Waals surface area contributed by atoms with Crippen LogP contribution in [0.15, 0.2) is 36.9 Å². The molecule has 23 heavy (non-hydrogen) atoms. The first-order chi connectivity index (χ1) is 11.0. The summed E-state index contributed by atoms with van der Waals surface area (Å²) in [6, 6.07) is 2.84. The second-order valence-electron chi connectivity index (χ2n) is 5.85. The highest BCUT2D eigenvalue weighted by molar-refractivity contribution is 6.42. The predicted octanol–water partition coefficient (Wildman–Crippen LogP) is 0.626. The van der Waals surface area contributed by atoms with Gasteiger partial charge in [-0.2, -0.15) is 5.10 Å². The zero-order valence-corrected chi connectivity index (χ0v) is 12.7. The summed E-state index contributed by atoms with van der Waals surface area (Å²) in [5, 5.41) is 16.4. The van der Waals surface area contributed by atoms with Crippen molar-refractivity contribution in [2.24, 2.45) is 13.0 Å². The van der Waals surface area contributed by atoms with Crippen molar-refractivity contribution in [1.29, 1.82) is 0 Å². The fourth-order valence-corrected chi connectivity index (χ4v) is 2.81. The second kappa shape index (κ2) is 6.29. The summed E-state index contributed by atoms with van der Waals surface area (Å²) < 4.78 is 1.65. The Morgan fingerprint density at radius 3 is 2.74 bits per heavy atom. The molecule has 0 saturated heterocycles. The van der Waals surface area contributed by atoms with E-state index in [1.54, 1.807) is 36.3 Å².